The van der Waals surface area contributed by atoms with Crippen LogP contribution in [0.2, 0.25) is 5.02 Å². The second kappa shape index (κ2) is 6.41. The van der Waals surface area contributed by atoms with Gasteiger partial charge in [0.15, 0.2) is 0 Å². The van der Waals surface area contributed by atoms with Gasteiger partial charge >= 0.3 is 0 Å². The molecule has 0 fully saturated rings. The number of nitrogens with zero attached hydrogens (tertiary/aromatic N) is 2. The molecular weight excluding hydrogens is 330 g/mol. The summed E-state index contributed by atoms with van der Waals surface area (Å²) in [6.45, 7) is 1.80. The zero-order chi connectivity index (χ0) is 17.3. The second-order valence-corrected chi connectivity index (χ2v) is 5.78. The summed E-state index contributed by atoms with van der Waals surface area (Å²) < 4.78 is 0. The third-order valence-corrected chi connectivity index (χ3v) is 4.24. The first-order chi connectivity index (χ1) is 11.5. The van der Waals surface area contributed by atoms with Crippen LogP contribution in [0.4, 0.5) is 5.69 Å². The van der Waals surface area contributed by atoms with Crippen LogP contribution in [0.15, 0.2) is 36.5 Å². The number of rotatable bonds is 4. The number of benzene rings is 1. The molecule has 2 heterocycles. The summed E-state index contributed by atoms with van der Waals surface area (Å²) in [4.78, 5) is 41.4. The van der Waals surface area contributed by atoms with Gasteiger partial charge < -0.3 is 5.32 Å². The highest BCUT2D eigenvalue weighted by Crippen LogP contribution is 2.23. The SMILES string of the molecule is Cc1c(Cl)cccc1NC(=O)CCN1C(=O)c2cccnc2C1=O. The maximum absolute atomic E-state index is 12.2. The summed E-state index contributed by atoms with van der Waals surface area (Å²) in [7, 11) is 0. The maximum atomic E-state index is 12.2. The first-order valence-corrected chi connectivity index (χ1v) is 7.73. The van der Waals surface area contributed by atoms with Crippen molar-refractivity contribution in [2.45, 2.75) is 13.3 Å². The number of anilines is 1. The van der Waals surface area contributed by atoms with Crippen molar-refractivity contribution in [2.75, 3.05) is 11.9 Å². The Kier molecular flexibility index (Phi) is 4.31. The molecule has 0 spiro atoms. The van der Waals surface area contributed by atoms with Gasteiger partial charge in [-0.3, -0.25) is 24.3 Å². The molecule has 1 aliphatic heterocycles. The largest absolute Gasteiger partial charge is 0.326 e. The van der Waals surface area contributed by atoms with E-state index in [2.05, 4.69) is 10.3 Å². The Hall–Kier alpha value is -2.73. The monoisotopic (exact) mass is 343 g/mol. The topological polar surface area (TPSA) is 79.4 Å². The summed E-state index contributed by atoms with van der Waals surface area (Å²) in [6, 6.07) is 8.37. The lowest BCUT2D eigenvalue weighted by Gasteiger charge is -2.14. The summed E-state index contributed by atoms with van der Waals surface area (Å²) in [5.74, 6) is -1.19. The minimum atomic E-state index is -0.470. The molecule has 1 aromatic carbocycles. The Morgan fingerprint density at radius 3 is 2.75 bits per heavy atom. The molecule has 1 aliphatic rings. The second-order valence-electron chi connectivity index (χ2n) is 5.37. The number of pyridine rings is 1. The van der Waals surface area contributed by atoms with Gasteiger partial charge in [-0.25, -0.2) is 0 Å². The number of imide groups is 1. The van der Waals surface area contributed by atoms with Crippen molar-refractivity contribution in [3.05, 3.63) is 58.4 Å². The van der Waals surface area contributed by atoms with Gasteiger partial charge in [0.05, 0.1) is 5.56 Å². The normalized spacial score (nSPS) is 13.2. The summed E-state index contributed by atoms with van der Waals surface area (Å²) in [5, 5.41) is 3.29. The molecule has 0 aliphatic carbocycles. The van der Waals surface area contributed by atoms with Crippen LogP contribution in [0.5, 0.6) is 0 Å². The Labute approximate surface area is 143 Å². The number of amides is 3. The quantitative estimate of drug-likeness (QED) is 0.865. The van der Waals surface area contributed by atoms with Crippen molar-refractivity contribution >= 4 is 35.0 Å². The molecule has 2 aromatic rings. The first kappa shape index (κ1) is 16.1. The number of carbonyl (C=O) groups excluding carboxylic acids is 3. The molecule has 3 amide bonds. The van der Waals surface area contributed by atoms with E-state index in [9.17, 15) is 14.4 Å². The van der Waals surface area contributed by atoms with Gasteiger partial charge in [0.1, 0.15) is 5.69 Å². The molecule has 24 heavy (non-hydrogen) atoms. The number of hydrogen-bond donors (Lipinski definition) is 1. The van der Waals surface area contributed by atoms with Crippen LogP contribution < -0.4 is 5.32 Å². The maximum Gasteiger partial charge on any atom is 0.280 e. The lowest BCUT2D eigenvalue weighted by Crippen LogP contribution is -2.33. The van der Waals surface area contributed by atoms with E-state index in [-0.39, 0.29) is 30.1 Å². The van der Waals surface area contributed by atoms with Gasteiger partial charge in [0.25, 0.3) is 11.8 Å². The Morgan fingerprint density at radius 1 is 1.21 bits per heavy atom. The lowest BCUT2D eigenvalue weighted by molar-refractivity contribution is -0.116. The minimum Gasteiger partial charge on any atom is -0.326 e. The van der Waals surface area contributed by atoms with Gasteiger partial charge in [0.2, 0.25) is 5.91 Å². The van der Waals surface area contributed by atoms with E-state index >= 15 is 0 Å². The van der Waals surface area contributed by atoms with E-state index in [0.29, 0.717) is 10.7 Å². The molecule has 122 valence electrons. The van der Waals surface area contributed by atoms with Crippen LogP contribution in [0.1, 0.15) is 32.8 Å². The van der Waals surface area contributed by atoms with Gasteiger partial charge in [-0.1, -0.05) is 17.7 Å². The molecular formula is C17H14ClN3O3. The number of carbonyl (C=O) groups is 3. The molecule has 0 saturated carbocycles. The fraction of sp³-hybridized carbons (Fsp3) is 0.176. The fourth-order valence-corrected chi connectivity index (χ4v) is 2.66. The molecule has 0 bridgehead atoms. The summed E-state index contributed by atoms with van der Waals surface area (Å²) in [6.07, 6.45) is 1.46. The third kappa shape index (κ3) is 2.88. The van der Waals surface area contributed by atoms with Crippen molar-refractivity contribution in [1.29, 1.82) is 0 Å². The highest BCUT2D eigenvalue weighted by atomic mass is 35.5. The predicted molar refractivity (Wildman–Crippen MR) is 89.0 cm³/mol. The number of halogens is 1. The smallest absolute Gasteiger partial charge is 0.280 e. The Morgan fingerprint density at radius 2 is 2.00 bits per heavy atom. The highest BCUT2D eigenvalue weighted by Gasteiger charge is 2.36. The third-order valence-electron chi connectivity index (χ3n) is 3.84. The molecule has 1 N–H and O–H groups in total. The molecule has 7 heteroatoms. The number of hydrogen-bond acceptors (Lipinski definition) is 4. The molecule has 3 rings (SSSR count). The number of aromatic nitrogens is 1. The number of fused-ring (bicyclic) bond motifs is 1. The molecule has 0 saturated heterocycles. The molecule has 0 radical (unpaired) electrons. The van der Waals surface area contributed by atoms with E-state index in [4.69, 9.17) is 11.6 Å². The zero-order valence-corrected chi connectivity index (χ0v) is 13.6. The predicted octanol–water partition coefficient (Wildman–Crippen LogP) is 2.67. The van der Waals surface area contributed by atoms with Crippen molar-refractivity contribution in [3.8, 4) is 0 Å². The first-order valence-electron chi connectivity index (χ1n) is 7.35. The molecule has 0 atom stereocenters. The lowest BCUT2D eigenvalue weighted by atomic mass is 10.2. The van der Waals surface area contributed by atoms with E-state index in [1.807, 2.05) is 0 Å². The van der Waals surface area contributed by atoms with E-state index < -0.39 is 11.8 Å². The van der Waals surface area contributed by atoms with Crippen molar-refractivity contribution in [1.82, 2.24) is 9.88 Å². The number of nitrogens with one attached hydrogen (secondary N) is 1. The van der Waals surface area contributed by atoms with Gasteiger partial charge in [-0.2, -0.15) is 0 Å². The van der Waals surface area contributed by atoms with Crippen molar-refractivity contribution in [3.63, 3.8) is 0 Å². The van der Waals surface area contributed by atoms with Crippen LogP contribution in [-0.2, 0) is 4.79 Å². The average molecular weight is 344 g/mol. The zero-order valence-electron chi connectivity index (χ0n) is 12.9. The molecule has 1 aromatic heterocycles. The van der Waals surface area contributed by atoms with Crippen LogP contribution >= 0.6 is 11.6 Å². The van der Waals surface area contributed by atoms with E-state index in [1.54, 1.807) is 37.3 Å². The Bertz CT molecular complexity index is 816. The van der Waals surface area contributed by atoms with Crippen LogP contribution in [-0.4, -0.2) is 34.2 Å². The van der Waals surface area contributed by atoms with Crippen LogP contribution in [0.25, 0.3) is 0 Å². The fourth-order valence-electron chi connectivity index (χ4n) is 2.49. The molecule has 0 unspecified atom stereocenters. The molecule has 6 nitrogen and oxygen atoms in total. The standard InChI is InChI=1S/C17H14ClN3O3/c1-10-12(18)5-2-6-13(10)20-14(22)7-9-21-16(23)11-4-3-8-19-15(11)17(21)24/h2-6,8H,7,9H2,1H3,(H,20,22). The highest BCUT2D eigenvalue weighted by molar-refractivity contribution is 6.31. The van der Waals surface area contributed by atoms with Gasteiger partial charge in [0, 0.05) is 29.9 Å². The van der Waals surface area contributed by atoms with Gasteiger partial charge in [-0.15, -0.1) is 0 Å². The summed E-state index contributed by atoms with van der Waals surface area (Å²) in [5.41, 5.74) is 1.77. The average Bonchev–Trinajstić information content (AvgIpc) is 2.82. The summed E-state index contributed by atoms with van der Waals surface area (Å²) >= 11 is 6.01. The van der Waals surface area contributed by atoms with Crippen LogP contribution in [0.3, 0.4) is 0 Å². The minimum absolute atomic E-state index is 0.000522. The van der Waals surface area contributed by atoms with Crippen LogP contribution in [0, 0.1) is 6.92 Å². The van der Waals surface area contributed by atoms with Gasteiger partial charge in [-0.05, 0) is 36.8 Å². The van der Waals surface area contributed by atoms with E-state index in [1.165, 1.54) is 6.20 Å². The van der Waals surface area contributed by atoms with E-state index in [0.717, 1.165) is 10.5 Å². The van der Waals surface area contributed by atoms with Crippen molar-refractivity contribution < 1.29 is 14.4 Å². The van der Waals surface area contributed by atoms with Crippen molar-refractivity contribution in [2.24, 2.45) is 0 Å². The Balaban J connectivity index is 1.64.